The van der Waals surface area contributed by atoms with Crippen molar-refractivity contribution in [1.82, 2.24) is 0 Å². The highest BCUT2D eigenvalue weighted by Crippen LogP contribution is 2.16. The molecule has 0 amide bonds. The molecule has 0 spiro atoms. The summed E-state index contributed by atoms with van der Waals surface area (Å²) in [5.41, 5.74) is 2.70. The molecule has 0 atom stereocenters. The van der Waals surface area contributed by atoms with Crippen LogP contribution in [0.3, 0.4) is 0 Å². The molecule has 0 aromatic heterocycles. The average Bonchev–Trinajstić information content (AvgIpc) is 2.48. The highest BCUT2D eigenvalue weighted by Gasteiger charge is 2.01. The minimum Gasteiger partial charge on any atom is -0.497 e. The molecule has 2 aromatic rings. The SMILES string of the molecule is COc1cccc(CCNc2ccc(NS(C)(=O)=O)cc2)c1. The lowest BCUT2D eigenvalue weighted by molar-refractivity contribution is 0.414. The van der Waals surface area contributed by atoms with E-state index in [0.29, 0.717) is 5.69 Å². The molecular weight excluding hydrogens is 300 g/mol. The van der Waals surface area contributed by atoms with E-state index in [4.69, 9.17) is 4.74 Å². The van der Waals surface area contributed by atoms with Gasteiger partial charge in [0.2, 0.25) is 10.0 Å². The summed E-state index contributed by atoms with van der Waals surface area (Å²) in [6, 6.07) is 15.1. The second-order valence-electron chi connectivity index (χ2n) is 4.98. The van der Waals surface area contributed by atoms with Gasteiger partial charge in [0.25, 0.3) is 0 Å². The molecule has 22 heavy (non-hydrogen) atoms. The Morgan fingerprint density at radius 3 is 2.36 bits per heavy atom. The zero-order chi connectivity index (χ0) is 16.0. The number of hydrogen-bond acceptors (Lipinski definition) is 4. The largest absolute Gasteiger partial charge is 0.497 e. The summed E-state index contributed by atoms with van der Waals surface area (Å²) in [6.07, 6.45) is 2.01. The summed E-state index contributed by atoms with van der Waals surface area (Å²) in [5, 5.41) is 3.30. The Bertz CT molecular complexity index is 712. The van der Waals surface area contributed by atoms with Crippen LogP contribution in [-0.2, 0) is 16.4 Å². The van der Waals surface area contributed by atoms with Crippen LogP contribution in [0.4, 0.5) is 11.4 Å². The van der Waals surface area contributed by atoms with Crippen LogP contribution in [0.1, 0.15) is 5.56 Å². The van der Waals surface area contributed by atoms with Gasteiger partial charge in [-0.3, -0.25) is 4.72 Å². The second-order valence-corrected chi connectivity index (χ2v) is 6.73. The predicted molar refractivity (Wildman–Crippen MR) is 90.1 cm³/mol. The molecule has 6 heteroatoms. The molecule has 2 aromatic carbocycles. The molecule has 5 nitrogen and oxygen atoms in total. The fourth-order valence-electron chi connectivity index (χ4n) is 2.05. The monoisotopic (exact) mass is 320 g/mol. The number of anilines is 2. The quantitative estimate of drug-likeness (QED) is 0.823. The number of sulfonamides is 1. The van der Waals surface area contributed by atoms with Crippen molar-refractivity contribution in [1.29, 1.82) is 0 Å². The first-order chi connectivity index (χ1) is 10.5. The topological polar surface area (TPSA) is 67.4 Å². The van der Waals surface area contributed by atoms with Crippen molar-refractivity contribution in [3.63, 3.8) is 0 Å². The van der Waals surface area contributed by atoms with Crippen molar-refractivity contribution < 1.29 is 13.2 Å². The van der Waals surface area contributed by atoms with Crippen LogP contribution in [-0.4, -0.2) is 28.3 Å². The fourth-order valence-corrected chi connectivity index (χ4v) is 2.61. The molecule has 0 saturated heterocycles. The van der Waals surface area contributed by atoms with Crippen LogP contribution < -0.4 is 14.8 Å². The Kier molecular flexibility index (Phi) is 5.27. The van der Waals surface area contributed by atoms with E-state index in [9.17, 15) is 8.42 Å². The lowest BCUT2D eigenvalue weighted by Crippen LogP contribution is -2.09. The van der Waals surface area contributed by atoms with E-state index in [1.807, 2.05) is 30.3 Å². The number of rotatable bonds is 7. The standard InChI is InChI=1S/C16H20N2O3S/c1-21-16-5-3-4-13(12-16)10-11-17-14-6-8-15(9-7-14)18-22(2,19)20/h3-9,12,17-18H,10-11H2,1-2H3. The summed E-state index contributed by atoms with van der Waals surface area (Å²) in [6.45, 7) is 0.784. The Labute approximate surface area is 131 Å². The summed E-state index contributed by atoms with van der Waals surface area (Å²) >= 11 is 0. The molecule has 0 saturated carbocycles. The summed E-state index contributed by atoms with van der Waals surface area (Å²) < 4.78 is 29.9. The number of ether oxygens (including phenoxy) is 1. The van der Waals surface area contributed by atoms with Crippen LogP contribution in [0.5, 0.6) is 5.75 Å². The lowest BCUT2D eigenvalue weighted by atomic mass is 10.1. The van der Waals surface area contributed by atoms with Crippen LogP contribution in [0, 0.1) is 0 Å². The summed E-state index contributed by atoms with van der Waals surface area (Å²) in [4.78, 5) is 0. The normalized spacial score (nSPS) is 11.0. The molecule has 0 aliphatic rings. The molecule has 0 bridgehead atoms. The van der Waals surface area contributed by atoms with Gasteiger partial charge in [0.1, 0.15) is 5.75 Å². The van der Waals surface area contributed by atoms with E-state index >= 15 is 0 Å². The van der Waals surface area contributed by atoms with Gasteiger partial charge in [-0.05, 0) is 48.4 Å². The van der Waals surface area contributed by atoms with Gasteiger partial charge in [-0.15, -0.1) is 0 Å². The van der Waals surface area contributed by atoms with Gasteiger partial charge in [0.15, 0.2) is 0 Å². The first-order valence-corrected chi connectivity index (χ1v) is 8.80. The molecule has 118 valence electrons. The number of nitrogens with one attached hydrogen (secondary N) is 2. The van der Waals surface area contributed by atoms with E-state index < -0.39 is 10.0 Å². The van der Waals surface area contributed by atoms with Gasteiger partial charge in [-0.25, -0.2) is 8.42 Å². The third kappa shape index (κ3) is 5.29. The van der Waals surface area contributed by atoms with Crippen LogP contribution in [0.2, 0.25) is 0 Å². The molecule has 0 heterocycles. The predicted octanol–water partition coefficient (Wildman–Crippen LogP) is 2.72. The number of methoxy groups -OCH3 is 1. The fraction of sp³-hybridized carbons (Fsp3) is 0.250. The van der Waals surface area contributed by atoms with Crippen LogP contribution >= 0.6 is 0 Å². The Balaban J connectivity index is 1.86. The van der Waals surface area contributed by atoms with E-state index in [2.05, 4.69) is 16.1 Å². The smallest absolute Gasteiger partial charge is 0.229 e. The minimum atomic E-state index is -3.23. The molecule has 0 radical (unpaired) electrons. The van der Waals surface area contributed by atoms with Crippen LogP contribution in [0.15, 0.2) is 48.5 Å². The average molecular weight is 320 g/mol. The van der Waals surface area contributed by atoms with Crippen molar-refractivity contribution in [3.05, 3.63) is 54.1 Å². The number of benzene rings is 2. The summed E-state index contributed by atoms with van der Waals surface area (Å²) in [5.74, 6) is 0.855. The van der Waals surface area contributed by atoms with Gasteiger partial charge in [-0.1, -0.05) is 12.1 Å². The summed E-state index contributed by atoms with van der Waals surface area (Å²) in [7, 11) is -1.58. The molecular formula is C16H20N2O3S. The minimum absolute atomic E-state index is 0.556. The molecule has 0 aliphatic carbocycles. The van der Waals surface area contributed by atoms with Crippen molar-refractivity contribution >= 4 is 21.4 Å². The van der Waals surface area contributed by atoms with Gasteiger partial charge in [0.05, 0.1) is 13.4 Å². The third-order valence-corrected chi connectivity index (χ3v) is 3.67. The Morgan fingerprint density at radius 1 is 1.05 bits per heavy atom. The zero-order valence-corrected chi connectivity index (χ0v) is 13.5. The molecule has 0 aliphatic heterocycles. The van der Waals surface area contributed by atoms with Crippen molar-refractivity contribution in [3.8, 4) is 5.75 Å². The van der Waals surface area contributed by atoms with Gasteiger partial charge in [-0.2, -0.15) is 0 Å². The lowest BCUT2D eigenvalue weighted by Gasteiger charge is -2.09. The maximum atomic E-state index is 11.1. The highest BCUT2D eigenvalue weighted by atomic mass is 32.2. The molecule has 0 fully saturated rings. The Hall–Kier alpha value is -2.21. The maximum Gasteiger partial charge on any atom is 0.229 e. The van der Waals surface area contributed by atoms with Gasteiger partial charge in [0, 0.05) is 17.9 Å². The Morgan fingerprint density at radius 2 is 1.73 bits per heavy atom. The van der Waals surface area contributed by atoms with Gasteiger partial charge < -0.3 is 10.1 Å². The molecule has 2 rings (SSSR count). The second kappa shape index (κ2) is 7.17. The molecule has 2 N–H and O–H groups in total. The van der Waals surface area contributed by atoms with Crippen LogP contribution in [0.25, 0.3) is 0 Å². The van der Waals surface area contributed by atoms with Crippen molar-refractivity contribution in [2.45, 2.75) is 6.42 Å². The first-order valence-electron chi connectivity index (χ1n) is 6.91. The van der Waals surface area contributed by atoms with Gasteiger partial charge >= 0.3 is 0 Å². The first kappa shape index (κ1) is 16.2. The zero-order valence-electron chi connectivity index (χ0n) is 12.7. The van der Waals surface area contributed by atoms with E-state index in [1.54, 1.807) is 19.2 Å². The van der Waals surface area contributed by atoms with Crippen molar-refractivity contribution in [2.24, 2.45) is 0 Å². The number of hydrogen-bond donors (Lipinski definition) is 2. The molecule has 0 unspecified atom stereocenters. The van der Waals surface area contributed by atoms with E-state index in [1.165, 1.54) is 5.56 Å². The van der Waals surface area contributed by atoms with E-state index in [-0.39, 0.29) is 0 Å². The maximum absolute atomic E-state index is 11.1. The van der Waals surface area contributed by atoms with E-state index in [0.717, 1.165) is 30.7 Å². The third-order valence-electron chi connectivity index (χ3n) is 3.07. The van der Waals surface area contributed by atoms with Crippen molar-refractivity contribution in [2.75, 3.05) is 29.9 Å². The highest BCUT2D eigenvalue weighted by molar-refractivity contribution is 7.92.